The first kappa shape index (κ1) is 23.1. The molecule has 36 heavy (non-hydrogen) atoms. The van der Waals surface area contributed by atoms with Crippen molar-refractivity contribution >= 4 is 29.1 Å². The molecule has 2 aromatic carbocycles. The number of carbonyl (C=O) groups excluding carboxylic acids is 2. The number of carbonyl (C=O) groups is 3. The third kappa shape index (κ3) is 4.15. The minimum absolute atomic E-state index is 0.0143. The summed E-state index contributed by atoms with van der Waals surface area (Å²) in [5, 5.41) is 9.62. The first-order chi connectivity index (χ1) is 17.3. The molecule has 2 aromatic rings. The lowest BCUT2D eigenvalue weighted by Crippen LogP contribution is -2.51. The maximum Gasteiger partial charge on any atom is 0.432 e. The van der Waals surface area contributed by atoms with E-state index in [1.54, 1.807) is 12.1 Å². The molecule has 180 valence electrons. The minimum Gasteiger partial charge on any atom is -0.485 e. The van der Waals surface area contributed by atoms with Crippen molar-refractivity contribution in [1.29, 1.82) is 0 Å². The summed E-state index contributed by atoms with van der Waals surface area (Å²) in [6.07, 6.45) is 1.84. The van der Waals surface area contributed by atoms with Crippen molar-refractivity contribution < 1.29 is 37.9 Å². The zero-order valence-electron chi connectivity index (χ0n) is 19.1. The second-order valence-corrected chi connectivity index (χ2v) is 8.38. The van der Waals surface area contributed by atoms with E-state index in [1.165, 1.54) is 25.3 Å². The number of allylic oxidation sites excluding steroid dienone is 1. The van der Waals surface area contributed by atoms with Crippen molar-refractivity contribution in [3.8, 4) is 0 Å². The van der Waals surface area contributed by atoms with Crippen molar-refractivity contribution in [3.63, 3.8) is 0 Å². The highest BCUT2D eigenvalue weighted by molar-refractivity contribution is 6.52. The lowest BCUT2D eigenvalue weighted by molar-refractivity contribution is -0.385. The van der Waals surface area contributed by atoms with Gasteiger partial charge in [-0.05, 0) is 36.6 Å². The van der Waals surface area contributed by atoms with Crippen LogP contribution in [-0.4, -0.2) is 44.9 Å². The second-order valence-electron chi connectivity index (χ2n) is 8.38. The number of hydrogen-bond donors (Lipinski definition) is 1. The Morgan fingerprint density at radius 1 is 1.11 bits per heavy atom. The van der Waals surface area contributed by atoms with Gasteiger partial charge in [-0.2, -0.15) is 0 Å². The molecular formula is C27H20FN2O6+. The highest BCUT2D eigenvalue weighted by atomic mass is 19.1. The fourth-order valence-electron chi connectivity index (χ4n) is 4.24. The summed E-state index contributed by atoms with van der Waals surface area (Å²) >= 11 is 0. The average Bonchev–Trinajstić information content (AvgIpc) is 2.87. The summed E-state index contributed by atoms with van der Waals surface area (Å²) in [7, 11) is 0. The Kier molecular flexibility index (Phi) is 5.89. The van der Waals surface area contributed by atoms with E-state index in [0.29, 0.717) is 5.57 Å². The summed E-state index contributed by atoms with van der Waals surface area (Å²) in [5.74, 6) is -3.47. The molecule has 1 amide bonds. The van der Waals surface area contributed by atoms with Gasteiger partial charge in [0, 0.05) is 11.8 Å². The number of halogens is 1. The lowest BCUT2D eigenvalue weighted by atomic mass is 9.88. The lowest BCUT2D eigenvalue weighted by Gasteiger charge is -2.30. The molecule has 3 heterocycles. The monoisotopic (exact) mass is 487 g/mol. The number of benzene rings is 2. The van der Waals surface area contributed by atoms with Crippen LogP contribution in [0.4, 0.5) is 4.39 Å². The van der Waals surface area contributed by atoms with Gasteiger partial charge >= 0.3 is 11.9 Å². The predicted octanol–water partition coefficient (Wildman–Crippen LogP) is 3.09. The largest absolute Gasteiger partial charge is 0.485 e. The Balaban J connectivity index is 1.62. The van der Waals surface area contributed by atoms with E-state index in [-0.39, 0.29) is 41.6 Å². The van der Waals surface area contributed by atoms with Crippen molar-refractivity contribution in [1.82, 2.24) is 0 Å². The molecule has 8 nitrogen and oxygen atoms in total. The number of aliphatic imine (C=N–C) groups is 1. The van der Waals surface area contributed by atoms with E-state index in [2.05, 4.69) is 4.99 Å². The molecule has 3 aliphatic heterocycles. The van der Waals surface area contributed by atoms with Gasteiger partial charge in [0.1, 0.15) is 12.4 Å². The highest BCUT2D eigenvalue weighted by Gasteiger charge is 2.52. The molecule has 9 heteroatoms. The number of carboxylic acid groups (broad SMARTS) is 1. The molecule has 0 bridgehead atoms. The minimum atomic E-state index is -1.37. The molecule has 0 radical (unpaired) electrons. The Morgan fingerprint density at radius 3 is 2.50 bits per heavy atom. The number of ketones is 1. The Labute approximate surface area is 205 Å². The van der Waals surface area contributed by atoms with Crippen LogP contribution >= 0.6 is 0 Å². The molecule has 5 rings (SSSR count). The van der Waals surface area contributed by atoms with Gasteiger partial charge in [-0.25, -0.2) is 19.0 Å². The molecule has 0 aliphatic carbocycles. The summed E-state index contributed by atoms with van der Waals surface area (Å²) in [5.41, 5.74) is 2.36. The normalized spacial score (nSPS) is 18.6. The Hall–Kier alpha value is -4.66. The van der Waals surface area contributed by atoms with Gasteiger partial charge in [0.15, 0.2) is 22.8 Å². The van der Waals surface area contributed by atoms with Crippen molar-refractivity contribution in [3.05, 3.63) is 107 Å². The van der Waals surface area contributed by atoms with E-state index >= 15 is 0 Å². The highest BCUT2D eigenvalue weighted by Crippen LogP contribution is 2.32. The number of aliphatic carboxylic acids is 1. The predicted molar refractivity (Wildman–Crippen MR) is 125 cm³/mol. The van der Waals surface area contributed by atoms with Crippen LogP contribution in [-0.2, 0) is 36.9 Å². The van der Waals surface area contributed by atoms with Crippen LogP contribution in [0.5, 0.6) is 0 Å². The van der Waals surface area contributed by atoms with Gasteiger partial charge in [-0.1, -0.05) is 42.5 Å². The molecule has 3 aliphatic rings. The summed E-state index contributed by atoms with van der Waals surface area (Å²) in [6.45, 7) is 1.32. The molecule has 0 fully saturated rings. The molecule has 0 spiro atoms. The van der Waals surface area contributed by atoms with Gasteiger partial charge in [0.2, 0.25) is 12.3 Å². The molecule has 0 saturated heterocycles. The summed E-state index contributed by atoms with van der Waals surface area (Å²) < 4.78 is 26.3. The van der Waals surface area contributed by atoms with Crippen molar-refractivity contribution in [2.45, 2.75) is 26.1 Å². The third-order valence-corrected chi connectivity index (χ3v) is 5.92. The quantitative estimate of drug-likeness (QED) is 0.475. The Morgan fingerprint density at radius 2 is 1.83 bits per heavy atom. The third-order valence-electron chi connectivity index (χ3n) is 5.92. The van der Waals surface area contributed by atoms with Gasteiger partial charge in [0.05, 0.1) is 0 Å². The molecule has 1 N–H and O–H groups in total. The number of ether oxygens (including phenoxy) is 2. The number of carboxylic acids is 1. The van der Waals surface area contributed by atoms with Crippen LogP contribution < -0.4 is 0 Å². The van der Waals surface area contributed by atoms with Crippen molar-refractivity contribution in [2.75, 3.05) is 0 Å². The molecule has 1 atom stereocenters. The molecule has 1 unspecified atom stereocenters. The number of Topliss-reactive ketones (excluding diaryl/α,β-unsaturated/α-hetero) is 1. The zero-order chi connectivity index (χ0) is 25.4. The first-order valence-electron chi connectivity index (χ1n) is 11.1. The molecule has 0 aromatic heterocycles. The van der Waals surface area contributed by atoms with Crippen LogP contribution in [0, 0.1) is 5.82 Å². The van der Waals surface area contributed by atoms with Crippen molar-refractivity contribution in [2.24, 2.45) is 4.99 Å². The Bertz CT molecular complexity index is 1450. The topological polar surface area (TPSA) is 105 Å². The van der Waals surface area contributed by atoms with E-state index in [1.807, 2.05) is 30.3 Å². The smallest absolute Gasteiger partial charge is 0.432 e. The molecule has 0 saturated carbocycles. The first-order valence-corrected chi connectivity index (χ1v) is 11.1. The van der Waals surface area contributed by atoms with Crippen LogP contribution in [0.3, 0.4) is 0 Å². The molecular weight excluding hydrogens is 467 g/mol. The van der Waals surface area contributed by atoms with Crippen LogP contribution in [0.25, 0.3) is 0 Å². The SMILES string of the molecule is CC(=O)C1=C(OCc2ccccc2)C2=NC=C(Cc3ccc(F)cc3)C3OC(C(=O)O)=C[N+](=C23)C1=O. The van der Waals surface area contributed by atoms with Gasteiger partial charge < -0.3 is 14.6 Å². The van der Waals surface area contributed by atoms with Gasteiger partial charge in [-0.3, -0.25) is 4.79 Å². The van der Waals surface area contributed by atoms with Crippen LogP contribution in [0.15, 0.2) is 94.7 Å². The number of hydrogen-bond acceptors (Lipinski definition) is 6. The van der Waals surface area contributed by atoms with E-state index in [4.69, 9.17) is 9.47 Å². The fourth-order valence-corrected chi connectivity index (χ4v) is 4.24. The average molecular weight is 487 g/mol. The number of nitrogens with zero attached hydrogens (tertiary/aromatic N) is 2. The summed E-state index contributed by atoms with van der Waals surface area (Å²) in [4.78, 5) is 42.3. The standard InChI is InChI=1S/C27H19FN2O6/c1-15(31)21-25(35-14-17-5-3-2-4-6-17)22-23-24(36-20(27(33)34)13-30(23)26(21)32)18(12-29-22)11-16-7-9-19(28)10-8-16/h2-10,12-13,24H,11,14H2,1H3/p+1. The van der Waals surface area contributed by atoms with Crippen LogP contribution in [0.2, 0.25) is 0 Å². The van der Waals surface area contributed by atoms with E-state index < -0.39 is 29.5 Å². The van der Waals surface area contributed by atoms with E-state index in [0.717, 1.165) is 21.9 Å². The zero-order valence-corrected chi connectivity index (χ0v) is 19.1. The summed E-state index contributed by atoms with van der Waals surface area (Å²) in [6, 6.07) is 15.1. The van der Waals surface area contributed by atoms with E-state index in [9.17, 15) is 23.9 Å². The maximum atomic E-state index is 13.5. The second kappa shape index (κ2) is 9.18. The van der Waals surface area contributed by atoms with Gasteiger partial charge in [0.25, 0.3) is 11.5 Å². The number of amides is 1. The van der Waals surface area contributed by atoms with Gasteiger partial charge in [-0.15, -0.1) is 4.58 Å². The number of rotatable bonds is 7. The maximum absolute atomic E-state index is 13.5. The fraction of sp³-hybridized carbons (Fsp3) is 0.148. The van der Waals surface area contributed by atoms with Crippen LogP contribution in [0.1, 0.15) is 18.1 Å².